The van der Waals surface area contributed by atoms with Crippen molar-refractivity contribution in [1.29, 1.82) is 0 Å². The van der Waals surface area contributed by atoms with Crippen LogP contribution < -0.4 is 5.32 Å². The molecule has 0 bridgehead atoms. The number of aromatic nitrogens is 2. The van der Waals surface area contributed by atoms with Gasteiger partial charge in [0.2, 0.25) is 0 Å². The number of hydrogen-bond donors (Lipinski definition) is 1. The van der Waals surface area contributed by atoms with Crippen LogP contribution in [0.25, 0.3) is 0 Å². The van der Waals surface area contributed by atoms with Crippen LogP contribution in [0, 0.1) is 5.41 Å². The molecule has 1 N–H and O–H groups in total. The van der Waals surface area contributed by atoms with E-state index in [1.54, 1.807) is 6.20 Å². The van der Waals surface area contributed by atoms with Gasteiger partial charge in [0.15, 0.2) is 5.15 Å². The van der Waals surface area contributed by atoms with Crippen molar-refractivity contribution in [3.8, 4) is 0 Å². The van der Waals surface area contributed by atoms with Gasteiger partial charge in [-0.1, -0.05) is 38.3 Å². The maximum absolute atomic E-state index is 5.82. The number of nitrogens with one attached hydrogen (secondary N) is 1. The van der Waals surface area contributed by atoms with E-state index >= 15 is 0 Å². The first-order chi connectivity index (χ1) is 7.58. The molecule has 1 aliphatic carbocycles. The molecule has 1 aliphatic rings. The normalized spacial score (nSPS) is 24.1. The highest BCUT2D eigenvalue weighted by Gasteiger charge is 2.31. The molecule has 4 heteroatoms. The second-order valence-electron chi connectivity index (χ2n) is 5.20. The lowest BCUT2D eigenvalue weighted by Crippen LogP contribution is -2.38. The molecular weight excluding hydrogens is 222 g/mol. The average molecular weight is 240 g/mol. The van der Waals surface area contributed by atoms with Crippen molar-refractivity contribution in [1.82, 2.24) is 10.2 Å². The average Bonchev–Trinajstić information content (AvgIpc) is 2.21. The molecule has 3 nitrogen and oxygen atoms in total. The Balaban J connectivity index is 2.08. The maximum atomic E-state index is 5.82. The third-order valence-corrected chi connectivity index (χ3v) is 3.66. The topological polar surface area (TPSA) is 37.8 Å². The fourth-order valence-corrected chi connectivity index (χ4v) is 2.54. The van der Waals surface area contributed by atoms with Crippen LogP contribution >= 0.6 is 11.6 Å². The van der Waals surface area contributed by atoms with E-state index in [1.165, 1.54) is 25.7 Å². The Bertz CT molecular complexity index is 365. The van der Waals surface area contributed by atoms with Gasteiger partial charge < -0.3 is 5.32 Å². The number of halogens is 1. The number of anilines is 1. The molecule has 0 radical (unpaired) electrons. The third kappa shape index (κ3) is 2.64. The van der Waals surface area contributed by atoms with Gasteiger partial charge in [-0.05, 0) is 18.3 Å². The van der Waals surface area contributed by atoms with Crippen molar-refractivity contribution in [3.63, 3.8) is 0 Å². The first kappa shape index (κ1) is 11.6. The van der Waals surface area contributed by atoms with E-state index in [0.717, 1.165) is 5.69 Å². The quantitative estimate of drug-likeness (QED) is 0.858. The summed E-state index contributed by atoms with van der Waals surface area (Å²) < 4.78 is 0. The van der Waals surface area contributed by atoms with E-state index in [9.17, 15) is 0 Å². The highest BCUT2D eigenvalue weighted by atomic mass is 35.5. The fourth-order valence-electron chi connectivity index (χ4n) is 2.38. The Morgan fingerprint density at radius 3 is 2.94 bits per heavy atom. The zero-order valence-corrected chi connectivity index (χ0v) is 10.6. The van der Waals surface area contributed by atoms with E-state index < -0.39 is 0 Å². The molecular formula is C12H18ClN3. The second kappa shape index (κ2) is 4.58. The summed E-state index contributed by atoms with van der Waals surface area (Å²) in [5.74, 6) is 0. The maximum Gasteiger partial charge on any atom is 0.153 e. The van der Waals surface area contributed by atoms with Crippen LogP contribution in [-0.4, -0.2) is 16.2 Å². The molecule has 1 atom stereocenters. The lowest BCUT2D eigenvalue weighted by Gasteiger charge is -2.39. The van der Waals surface area contributed by atoms with Gasteiger partial charge in [-0.15, -0.1) is 5.10 Å². The van der Waals surface area contributed by atoms with Gasteiger partial charge in [0, 0.05) is 12.1 Å². The molecule has 1 heterocycles. The lowest BCUT2D eigenvalue weighted by atomic mass is 9.73. The van der Waals surface area contributed by atoms with Crippen molar-refractivity contribution in [2.75, 3.05) is 5.32 Å². The first-order valence-corrected chi connectivity index (χ1v) is 6.20. The fraction of sp³-hybridized carbons (Fsp3) is 0.667. The Kier molecular flexibility index (Phi) is 3.33. The molecule has 1 unspecified atom stereocenters. The minimum Gasteiger partial charge on any atom is -0.380 e. The van der Waals surface area contributed by atoms with Crippen LogP contribution in [0.2, 0.25) is 5.15 Å². The van der Waals surface area contributed by atoms with Gasteiger partial charge >= 0.3 is 0 Å². The molecule has 1 aromatic rings. The van der Waals surface area contributed by atoms with Crippen LogP contribution in [0.15, 0.2) is 12.3 Å². The van der Waals surface area contributed by atoms with Gasteiger partial charge in [-0.2, -0.15) is 5.10 Å². The van der Waals surface area contributed by atoms with E-state index in [-0.39, 0.29) is 0 Å². The zero-order valence-electron chi connectivity index (χ0n) is 9.83. The Morgan fingerprint density at radius 1 is 1.44 bits per heavy atom. The summed E-state index contributed by atoms with van der Waals surface area (Å²) in [4.78, 5) is 0. The summed E-state index contributed by atoms with van der Waals surface area (Å²) in [6.07, 6.45) is 6.86. The first-order valence-electron chi connectivity index (χ1n) is 5.83. The van der Waals surface area contributed by atoms with Crippen molar-refractivity contribution in [2.24, 2.45) is 5.41 Å². The van der Waals surface area contributed by atoms with Crippen LogP contribution in [0.3, 0.4) is 0 Å². The molecule has 0 spiro atoms. The van der Waals surface area contributed by atoms with E-state index in [0.29, 0.717) is 16.6 Å². The summed E-state index contributed by atoms with van der Waals surface area (Å²) in [5, 5.41) is 11.6. The van der Waals surface area contributed by atoms with E-state index in [2.05, 4.69) is 29.4 Å². The minimum atomic E-state index is 0.341. The standard InChI is InChI=1S/C12H18ClN3/c1-12(2)6-4-3-5-10(12)15-9-7-11(13)16-14-8-9/h7-8,10H,3-6H2,1-2H3,(H,15,16). The number of hydrogen-bond acceptors (Lipinski definition) is 3. The second-order valence-corrected chi connectivity index (χ2v) is 5.59. The molecule has 1 saturated carbocycles. The smallest absolute Gasteiger partial charge is 0.153 e. The molecule has 0 amide bonds. The van der Waals surface area contributed by atoms with Crippen molar-refractivity contribution in [3.05, 3.63) is 17.4 Å². The van der Waals surface area contributed by atoms with Gasteiger partial charge in [0.25, 0.3) is 0 Å². The van der Waals surface area contributed by atoms with Crippen LogP contribution in [0.4, 0.5) is 5.69 Å². The Labute approximate surface area is 102 Å². The Hall–Kier alpha value is -0.830. The molecule has 0 saturated heterocycles. The van der Waals surface area contributed by atoms with Crippen molar-refractivity contribution in [2.45, 2.75) is 45.6 Å². The number of nitrogens with zero attached hydrogens (tertiary/aromatic N) is 2. The molecule has 1 aromatic heterocycles. The minimum absolute atomic E-state index is 0.341. The number of rotatable bonds is 2. The van der Waals surface area contributed by atoms with Crippen LogP contribution in [0.5, 0.6) is 0 Å². The van der Waals surface area contributed by atoms with Crippen LogP contribution in [0.1, 0.15) is 39.5 Å². The molecule has 2 rings (SSSR count). The van der Waals surface area contributed by atoms with Crippen LogP contribution in [-0.2, 0) is 0 Å². The van der Waals surface area contributed by atoms with E-state index in [4.69, 9.17) is 11.6 Å². The molecule has 16 heavy (non-hydrogen) atoms. The van der Waals surface area contributed by atoms with Gasteiger partial charge in [0.05, 0.1) is 11.9 Å². The van der Waals surface area contributed by atoms with Gasteiger partial charge in [-0.3, -0.25) is 0 Å². The predicted molar refractivity (Wildman–Crippen MR) is 66.7 cm³/mol. The molecule has 88 valence electrons. The summed E-state index contributed by atoms with van der Waals surface area (Å²) >= 11 is 5.82. The lowest BCUT2D eigenvalue weighted by molar-refractivity contribution is 0.217. The third-order valence-electron chi connectivity index (χ3n) is 3.47. The summed E-state index contributed by atoms with van der Waals surface area (Å²) in [5.41, 5.74) is 1.31. The summed E-state index contributed by atoms with van der Waals surface area (Å²) in [6.45, 7) is 4.64. The monoisotopic (exact) mass is 239 g/mol. The molecule has 0 aliphatic heterocycles. The molecule has 0 aromatic carbocycles. The predicted octanol–water partition coefficient (Wildman–Crippen LogP) is 3.51. The summed E-state index contributed by atoms with van der Waals surface area (Å²) in [7, 11) is 0. The Morgan fingerprint density at radius 2 is 2.25 bits per heavy atom. The summed E-state index contributed by atoms with van der Waals surface area (Å²) in [6, 6.07) is 2.33. The molecule has 1 fully saturated rings. The van der Waals surface area contributed by atoms with Gasteiger partial charge in [-0.25, -0.2) is 0 Å². The highest BCUT2D eigenvalue weighted by molar-refractivity contribution is 6.29. The van der Waals surface area contributed by atoms with E-state index in [1.807, 2.05) is 6.07 Å². The largest absolute Gasteiger partial charge is 0.380 e. The van der Waals surface area contributed by atoms with Crippen molar-refractivity contribution < 1.29 is 0 Å². The van der Waals surface area contributed by atoms with Crippen molar-refractivity contribution >= 4 is 17.3 Å². The zero-order chi connectivity index (χ0) is 11.6. The SMILES string of the molecule is CC1(C)CCCCC1Nc1cnnc(Cl)c1. The highest BCUT2D eigenvalue weighted by Crippen LogP contribution is 2.37. The van der Waals surface area contributed by atoms with Gasteiger partial charge in [0.1, 0.15) is 0 Å².